The topological polar surface area (TPSA) is 18.5 Å². The van der Waals surface area contributed by atoms with Crippen molar-refractivity contribution in [1.82, 2.24) is 0 Å². The quantitative estimate of drug-likeness (QED) is 0.350. The third-order valence-corrected chi connectivity index (χ3v) is 7.41. The summed E-state index contributed by atoms with van der Waals surface area (Å²) in [6.07, 6.45) is 2.93. The molecule has 1 aliphatic rings. The zero-order chi connectivity index (χ0) is 19.1. The molecule has 0 aliphatic carbocycles. The van der Waals surface area contributed by atoms with Crippen molar-refractivity contribution in [2.75, 3.05) is 6.61 Å². The molecule has 3 aromatic carbocycles. The molecule has 1 saturated heterocycles. The number of ether oxygens (including phenoxy) is 2. The molecule has 28 heavy (non-hydrogen) atoms. The Balaban J connectivity index is 1.58. The van der Waals surface area contributed by atoms with Gasteiger partial charge in [0, 0.05) is 41.2 Å². The summed E-state index contributed by atoms with van der Waals surface area (Å²) < 4.78 is 41.3. The zero-order valence-electron chi connectivity index (χ0n) is 15.2. The van der Waals surface area contributed by atoms with Crippen molar-refractivity contribution in [2.24, 2.45) is 0 Å². The lowest BCUT2D eigenvalue weighted by Gasteiger charge is -2.23. The Morgan fingerprint density at radius 1 is 0.821 bits per heavy atom. The fourth-order valence-corrected chi connectivity index (χ4v) is 6.10. The van der Waals surface area contributed by atoms with E-state index in [2.05, 4.69) is 0 Å². The zero-order valence-corrected chi connectivity index (χ0v) is 16.0. The molecule has 2 heterocycles. The Bertz CT molecular complexity index is 1090. The molecule has 1 atom stereocenters. The van der Waals surface area contributed by atoms with Crippen LogP contribution in [0.1, 0.15) is 19.3 Å². The maximum atomic E-state index is 13.8. The number of hydrogen-bond donors (Lipinski definition) is 0. The summed E-state index contributed by atoms with van der Waals surface area (Å²) in [5, 5.41) is 1.54. The van der Waals surface area contributed by atoms with Gasteiger partial charge in [-0.25, -0.2) is 8.78 Å². The predicted molar refractivity (Wildman–Crippen MR) is 109 cm³/mol. The van der Waals surface area contributed by atoms with E-state index < -0.39 is 10.5 Å². The van der Waals surface area contributed by atoms with Gasteiger partial charge >= 0.3 is 0 Å². The van der Waals surface area contributed by atoms with E-state index in [1.54, 1.807) is 0 Å². The van der Waals surface area contributed by atoms with Gasteiger partial charge in [0.2, 0.25) is 0 Å². The third kappa shape index (κ3) is 3.15. The van der Waals surface area contributed by atoms with Crippen LogP contribution >= 0.6 is 10.5 Å². The summed E-state index contributed by atoms with van der Waals surface area (Å²) in [6.45, 7) is 0.743. The van der Waals surface area contributed by atoms with Crippen molar-refractivity contribution in [3.05, 3.63) is 72.3 Å². The third-order valence-electron chi connectivity index (χ3n) is 5.08. The van der Waals surface area contributed by atoms with Crippen LogP contribution in [-0.4, -0.2) is 12.9 Å². The molecule has 1 unspecified atom stereocenters. The first-order valence-corrected chi connectivity index (χ1v) is 10.6. The minimum Gasteiger partial charge on any atom is -0.465 e. The van der Waals surface area contributed by atoms with Crippen molar-refractivity contribution >= 4 is 30.6 Å². The molecular formula is C23H19F2O2S+. The van der Waals surface area contributed by atoms with E-state index in [4.69, 9.17) is 9.47 Å². The molecule has 1 aromatic heterocycles. The maximum absolute atomic E-state index is 13.8. The minimum atomic E-state index is -0.392. The van der Waals surface area contributed by atoms with Gasteiger partial charge in [0.1, 0.15) is 17.4 Å². The highest BCUT2D eigenvalue weighted by Gasteiger charge is 2.25. The van der Waals surface area contributed by atoms with E-state index in [0.29, 0.717) is 0 Å². The molecule has 142 valence electrons. The summed E-state index contributed by atoms with van der Waals surface area (Å²) in [5.74, 6) is 0.156. The first-order chi connectivity index (χ1) is 13.7. The summed E-state index contributed by atoms with van der Waals surface area (Å²) in [5.41, 5.74) is 0. The van der Waals surface area contributed by atoms with Crippen molar-refractivity contribution < 1.29 is 18.3 Å². The molecule has 0 spiro atoms. The van der Waals surface area contributed by atoms with Crippen LogP contribution in [0.5, 0.6) is 5.75 Å². The van der Waals surface area contributed by atoms with E-state index >= 15 is 0 Å². The monoisotopic (exact) mass is 397 g/mol. The molecule has 0 N–H and O–H groups in total. The van der Waals surface area contributed by atoms with Gasteiger partial charge in [-0.15, -0.1) is 0 Å². The van der Waals surface area contributed by atoms with Crippen molar-refractivity contribution in [2.45, 2.75) is 25.6 Å². The highest BCUT2D eigenvalue weighted by atomic mass is 32.2. The summed E-state index contributed by atoms with van der Waals surface area (Å²) >= 11 is 0. The molecule has 0 amide bonds. The lowest BCUT2D eigenvalue weighted by Crippen LogP contribution is -2.24. The predicted octanol–water partition coefficient (Wildman–Crippen LogP) is 6.91. The number of halogens is 2. The average molecular weight is 397 g/mol. The van der Waals surface area contributed by atoms with E-state index in [1.165, 1.54) is 24.3 Å². The average Bonchev–Trinajstić information content (AvgIpc) is 3.02. The molecule has 0 saturated carbocycles. The Morgan fingerprint density at radius 3 is 2.04 bits per heavy atom. The standard InChI is InChI=1S/C23H19F2O2S/c24-15-4-10-21-19(13-15)20-14-16(25)5-11-22(20)28(21)18-8-6-17(7-9-18)27-23-3-1-2-12-26-23/h4-11,13-14,23H,1-3,12H2/q+1. The van der Waals surface area contributed by atoms with E-state index in [-0.39, 0.29) is 17.9 Å². The van der Waals surface area contributed by atoms with Gasteiger partial charge in [0.05, 0.1) is 17.4 Å². The van der Waals surface area contributed by atoms with E-state index in [9.17, 15) is 8.78 Å². The second kappa shape index (κ2) is 7.15. The maximum Gasteiger partial charge on any atom is 0.199 e. The fourth-order valence-electron chi connectivity index (χ4n) is 3.76. The van der Waals surface area contributed by atoms with Gasteiger partial charge < -0.3 is 9.47 Å². The largest absolute Gasteiger partial charge is 0.465 e. The number of hydrogen-bond acceptors (Lipinski definition) is 2. The van der Waals surface area contributed by atoms with Crippen LogP contribution in [0.4, 0.5) is 8.78 Å². The highest BCUT2D eigenvalue weighted by molar-refractivity contribution is 7.50. The number of thiophene rings is 1. The Labute approximate surface area is 164 Å². The first-order valence-electron chi connectivity index (χ1n) is 9.41. The summed E-state index contributed by atoms with van der Waals surface area (Å²) in [6, 6.07) is 17.5. The molecule has 0 radical (unpaired) electrons. The molecule has 1 aliphatic heterocycles. The molecule has 5 rings (SSSR count). The van der Waals surface area contributed by atoms with Crippen LogP contribution < -0.4 is 4.74 Å². The van der Waals surface area contributed by atoms with Crippen molar-refractivity contribution in [3.8, 4) is 10.6 Å². The molecule has 2 nitrogen and oxygen atoms in total. The van der Waals surface area contributed by atoms with Gasteiger partial charge in [-0.05, 0) is 49.2 Å². The second-order valence-corrected chi connectivity index (χ2v) is 8.94. The number of fused-ring (bicyclic) bond motifs is 3. The van der Waals surface area contributed by atoms with Crippen LogP contribution in [0.3, 0.4) is 0 Å². The van der Waals surface area contributed by atoms with Gasteiger partial charge in [-0.2, -0.15) is 0 Å². The van der Waals surface area contributed by atoms with Crippen LogP contribution in [0.2, 0.25) is 0 Å². The number of benzene rings is 3. The smallest absolute Gasteiger partial charge is 0.199 e. The van der Waals surface area contributed by atoms with E-state index in [0.717, 1.165) is 56.7 Å². The normalized spacial score (nSPS) is 17.3. The lowest BCUT2D eigenvalue weighted by molar-refractivity contribution is -0.105. The number of rotatable bonds is 3. The highest BCUT2D eigenvalue weighted by Crippen LogP contribution is 2.48. The van der Waals surface area contributed by atoms with Crippen LogP contribution in [0.15, 0.2) is 60.7 Å². The Hall–Kier alpha value is -2.50. The molecule has 0 bridgehead atoms. The summed E-state index contributed by atoms with van der Waals surface area (Å²) in [7, 11) is -0.392. The fraction of sp³-hybridized carbons (Fsp3) is 0.217. The Kier molecular flexibility index (Phi) is 4.49. The minimum absolute atomic E-state index is 0.180. The van der Waals surface area contributed by atoms with Gasteiger partial charge in [0.15, 0.2) is 20.6 Å². The molecule has 4 aromatic rings. The van der Waals surface area contributed by atoms with Crippen LogP contribution in [0.25, 0.3) is 25.1 Å². The molecular weight excluding hydrogens is 378 g/mol. The van der Waals surface area contributed by atoms with Crippen molar-refractivity contribution in [1.29, 1.82) is 0 Å². The van der Waals surface area contributed by atoms with Gasteiger partial charge in [-0.1, -0.05) is 0 Å². The first kappa shape index (κ1) is 17.6. The summed E-state index contributed by atoms with van der Waals surface area (Å²) in [4.78, 5) is 1.09. The molecule has 1 fully saturated rings. The SMILES string of the molecule is Fc1ccc2c(c1)c1cc(F)ccc1[s+]2-c1ccc(OC2CCCCO2)cc1. The lowest BCUT2D eigenvalue weighted by atomic mass is 10.1. The van der Waals surface area contributed by atoms with E-state index in [1.807, 2.05) is 36.4 Å². The second-order valence-electron chi connectivity index (χ2n) is 6.97. The van der Waals surface area contributed by atoms with Crippen LogP contribution in [0, 0.1) is 11.6 Å². The molecule has 5 heteroatoms. The van der Waals surface area contributed by atoms with Gasteiger partial charge in [-0.3, -0.25) is 0 Å². The van der Waals surface area contributed by atoms with Crippen LogP contribution in [-0.2, 0) is 4.74 Å². The van der Waals surface area contributed by atoms with Gasteiger partial charge in [0.25, 0.3) is 0 Å². The van der Waals surface area contributed by atoms with Crippen molar-refractivity contribution in [3.63, 3.8) is 0 Å². The Morgan fingerprint density at radius 2 is 1.46 bits per heavy atom.